The first-order chi connectivity index (χ1) is 13.9. The lowest BCUT2D eigenvalue weighted by Crippen LogP contribution is -3.06. The van der Waals surface area contributed by atoms with Crippen LogP contribution in [0.4, 0.5) is 0 Å². The molecule has 29 heavy (non-hydrogen) atoms. The van der Waals surface area contributed by atoms with E-state index in [1.165, 1.54) is 9.47 Å². The van der Waals surface area contributed by atoms with E-state index in [0.717, 1.165) is 19.5 Å². The van der Waals surface area contributed by atoms with Gasteiger partial charge in [-0.05, 0) is 43.3 Å². The van der Waals surface area contributed by atoms with E-state index in [1.807, 2.05) is 19.0 Å². The van der Waals surface area contributed by atoms with Gasteiger partial charge in [-0.1, -0.05) is 0 Å². The van der Waals surface area contributed by atoms with E-state index < -0.39 is 0 Å². The highest BCUT2D eigenvalue weighted by atomic mass is 32.1. The van der Waals surface area contributed by atoms with E-state index in [0.29, 0.717) is 53.7 Å². The number of likely N-dealkylation sites (tertiary alicyclic amines) is 1. The van der Waals surface area contributed by atoms with Crippen molar-refractivity contribution in [3.63, 3.8) is 0 Å². The summed E-state index contributed by atoms with van der Waals surface area (Å²) in [5, 5.41) is 3.37. The van der Waals surface area contributed by atoms with Gasteiger partial charge >= 0.3 is 0 Å². The summed E-state index contributed by atoms with van der Waals surface area (Å²) in [6.07, 6.45) is 2.19. The molecule has 3 N–H and O–H groups in total. The molecular formula is C20H28N5O3S+. The molecule has 1 aromatic heterocycles. The summed E-state index contributed by atoms with van der Waals surface area (Å²) in [4.78, 5) is 43.1. The van der Waals surface area contributed by atoms with E-state index in [2.05, 4.69) is 10.3 Å². The van der Waals surface area contributed by atoms with Gasteiger partial charge in [0.2, 0.25) is 5.91 Å². The number of hydrogen-bond acceptors (Lipinski definition) is 4. The second kappa shape index (κ2) is 9.32. The topological polar surface area (TPSA) is 91.6 Å². The molecule has 1 saturated heterocycles. The van der Waals surface area contributed by atoms with Gasteiger partial charge in [-0.15, -0.1) is 0 Å². The third-order valence-electron chi connectivity index (χ3n) is 5.14. The number of aromatic nitrogens is 2. The Bertz CT molecular complexity index is 1030. The highest BCUT2D eigenvalue weighted by molar-refractivity contribution is 7.71. The maximum Gasteiger partial charge on any atom is 0.262 e. The van der Waals surface area contributed by atoms with E-state index in [9.17, 15) is 14.4 Å². The van der Waals surface area contributed by atoms with Gasteiger partial charge in [-0.2, -0.15) is 0 Å². The van der Waals surface area contributed by atoms with Gasteiger partial charge in [0.05, 0.1) is 38.1 Å². The van der Waals surface area contributed by atoms with Crippen LogP contribution in [0.5, 0.6) is 0 Å². The van der Waals surface area contributed by atoms with E-state index in [-0.39, 0.29) is 17.4 Å². The van der Waals surface area contributed by atoms with Crippen molar-refractivity contribution < 1.29 is 14.5 Å². The Morgan fingerprint density at radius 1 is 1.28 bits per heavy atom. The summed E-state index contributed by atoms with van der Waals surface area (Å²) in [5.41, 5.74) is 0.859. The maximum absolute atomic E-state index is 12.9. The molecule has 0 bridgehead atoms. The number of likely N-dealkylation sites (N-methyl/N-ethyl adjacent to an activating group) is 1. The summed E-state index contributed by atoms with van der Waals surface area (Å²) in [6.45, 7) is 3.28. The maximum atomic E-state index is 12.9. The Morgan fingerprint density at radius 2 is 2.07 bits per heavy atom. The molecule has 9 heteroatoms. The predicted molar refractivity (Wildman–Crippen MR) is 114 cm³/mol. The summed E-state index contributed by atoms with van der Waals surface area (Å²) >= 11 is 5.37. The Morgan fingerprint density at radius 3 is 2.76 bits per heavy atom. The number of amides is 2. The largest absolute Gasteiger partial charge is 0.346 e. The lowest BCUT2D eigenvalue weighted by Gasteiger charge is -2.16. The zero-order valence-electron chi connectivity index (χ0n) is 16.9. The van der Waals surface area contributed by atoms with E-state index >= 15 is 0 Å². The second-order valence-electron chi connectivity index (χ2n) is 7.70. The predicted octanol–water partition coefficient (Wildman–Crippen LogP) is -0.0541. The normalized spacial score (nSPS) is 14.2. The molecule has 2 aromatic rings. The van der Waals surface area contributed by atoms with Crippen molar-refractivity contribution in [3.8, 4) is 0 Å². The first kappa shape index (κ1) is 21.2. The molecule has 8 nitrogen and oxygen atoms in total. The minimum atomic E-state index is -0.181. The number of benzene rings is 1. The van der Waals surface area contributed by atoms with Crippen LogP contribution in [0.1, 0.15) is 29.6 Å². The molecule has 3 rings (SSSR count). The molecule has 1 aliphatic heterocycles. The van der Waals surface area contributed by atoms with E-state index in [4.69, 9.17) is 12.2 Å². The Labute approximate surface area is 174 Å². The van der Waals surface area contributed by atoms with Gasteiger partial charge in [0.1, 0.15) is 0 Å². The van der Waals surface area contributed by atoms with Crippen LogP contribution in [-0.4, -0.2) is 66.5 Å². The van der Waals surface area contributed by atoms with E-state index in [1.54, 1.807) is 18.2 Å². The molecule has 1 fully saturated rings. The summed E-state index contributed by atoms with van der Waals surface area (Å²) in [5.74, 6) is 0.00531. The first-order valence-corrected chi connectivity index (χ1v) is 10.4. The van der Waals surface area contributed by atoms with Crippen LogP contribution in [0.2, 0.25) is 0 Å². The SMILES string of the molecule is C[NH+](C)CCNC(=O)c1ccc2c(=O)n(CCCN3CCCC3=O)c(=S)[nH]c2c1. The molecule has 1 aromatic carbocycles. The zero-order chi connectivity index (χ0) is 21.0. The second-order valence-corrected chi connectivity index (χ2v) is 8.08. The monoisotopic (exact) mass is 418 g/mol. The van der Waals surface area contributed by atoms with Gasteiger partial charge in [-0.25, -0.2) is 0 Å². The number of aromatic amines is 1. The van der Waals surface area contributed by atoms with Crippen LogP contribution < -0.4 is 15.8 Å². The lowest BCUT2D eigenvalue weighted by molar-refractivity contribution is -0.856. The number of carbonyl (C=O) groups is 2. The lowest BCUT2D eigenvalue weighted by atomic mass is 10.1. The average Bonchev–Trinajstić information content (AvgIpc) is 3.08. The fourth-order valence-corrected chi connectivity index (χ4v) is 3.77. The highest BCUT2D eigenvalue weighted by Gasteiger charge is 2.19. The van der Waals surface area contributed by atoms with Gasteiger partial charge in [0.25, 0.3) is 11.5 Å². The van der Waals surface area contributed by atoms with Crippen LogP contribution in [-0.2, 0) is 11.3 Å². The van der Waals surface area contributed by atoms with Gasteiger partial charge in [0, 0.05) is 31.6 Å². The van der Waals surface area contributed by atoms with Crippen molar-refractivity contribution >= 4 is 34.9 Å². The molecule has 2 amide bonds. The van der Waals surface area contributed by atoms with Crippen molar-refractivity contribution in [1.29, 1.82) is 0 Å². The highest BCUT2D eigenvalue weighted by Crippen LogP contribution is 2.12. The quantitative estimate of drug-likeness (QED) is 0.524. The standard InChI is InChI=1S/C20H27N5O3S/c1-23(2)12-8-21-18(27)14-6-7-15-16(13-14)22-20(29)25(19(15)28)11-4-10-24-9-3-5-17(24)26/h6-7,13H,3-5,8-12H2,1-2H3,(H,21,27)(H,22,29)/p+1. The molecule has 0 atom stereocenters. The molecule has 2 heterocycles. The van der Waals surface area contributed by atoms with Crippen LogP contribution in [0.25, 0.3) is 10.9 Å². The minimum Gasteiger partial charge on any atom is -0.346 e. The van der Waals surface area contributed by atoms with Crippen LogP contribution in [0.15, 0.2) is 23.0 Å². The molecule has 0 saturated carbocycles. The van der Waals surface area contributed by atoms with Crippen molar-refractivity contribution in [3.05, 3.63) is 38.9 Å². The molecule has 1 aliphatic rings. The number of nitrogens with one attached hydrogen (secondary N) is 3. The molecule has 0 aliphatic carbocycles. The van der Waals surface area contributed by atoms with Crippen molar-refractivity contribution in [1.82, 2.24) is 19.8 Å². The summed E-state index contributed by atoms with van der Waals surface area (Å²) in [6, 6.07) is 4.98. The molecule has 0 unspecified atom stereocenters. The van der Waals surface area contributed by atoms with Gasteiger partial charge in [-0.3, -0.25) is 19.0 Å². The minimum absolute atomic E-state index is 0.174. The fourth-order valence-electron chi connectivity index (χ4n) is 3.49. The number of H-pyrrole nitrogens is 1. The fraction of sp³-hybridized carbons (Fsp3) is 0.500. The van der Waals surface area contributed by atoms with Crippen LogP contribution in [0, 0.1) is 4.77 Å². The smallest absolute Gasteiger partial charge is 0.262 e. The number of quaternary nitrogens is 1. The molecular weight excluding hydrogens is 390 g/mol. The van der Waals surface area contributed by atoms with Crippen molar-refractivity contribution in [2.45, 2.75) is 25.8 Å². The van der Waals surface area contributed by atoms with Gasteiger partial charge < -0.3 is 20.1 Å². The van der Waals surface area contributed by atoms with Crippen molar-refractivity contribution in [2.75, 3.05) is 40.3 Å². The van der Waals surface area contributed by atoms with Gasteiger partial charge in [0.15, 0.2) is 4.77 Å². The number of hydrogen-bond donors (Lipinski definition) is 3. The Kier molecular flexibility index (Phi) is 6.81. The third-order valence-corrected chi connectivity index (χ3v) is 5.46. The first-order valence-electron chi connectivity index (χ1n) is 9.98. The summed E-state index contributed by atoms with van der Waals surface area (Å²) in [7, 11) is 4.05. The van der Waals surface area contributed by atoms with Crippen LogP contribution in [0.3, 0.4) is 0 Å². The number of carbonyl (C=O) groups excluding carboxylic acids is 2. The third kappa shape index (κ3) is 5.10. The Balaban J connectivity index is 1.73. The molecule has 0 radical (unpaired) electrons. The average molecular weight is 419 g/mol. The zero-order valence-corrected chi connectivity index (χ0v) is 17.7. The van der Waals surface area contributed by atoms with Crippen molar-refractivity contribution in [2.24, 2.45) is 0 Å². The number of rotatable bonds is 8. The molecule has 156 valence electrons. The Hall–Kier alpha value is -2.52. The molecule has 0 spiro atoms. The number of nitrogens with zero attached hydrogens (tertiary/aromatic N) is 2. The summed E-state index contributed by atoms with van der Waals surface area (Å²) < 4.78 is 1.85. The van der Waals surface area contributed by atoms with Crippen LogP contribution >= 0.6 is 12.2 Å². The number of fused-ring (bicyclic) bond motifs is 1.